The third-order valence-corrected chi connectivity index (χ3v) is 5.63. The van der Waals surface area contributed by atoms with Crippen LogP contribution in [0.2, 0.25) is 0 Å². The number of amides is 1. The van der Waals surface area contributed by atoms with Crippen molar-refractivity contribution in [1.82, 2.24) is 9.71 Å². The van der Waals surface area contributed by atoms with Crippen LogP contribution < -0.4 is 10.0 Å². The predicted molar refractivity (Wildman–Crippen MR) is 103 cm³/mol. The maximum atomic E-state index is 12.2. The van der Waals surface area contributed by atoms with Crippen LogP contribution in [0.1, 0.15) is 18.4 Å². The van der Waals surface area contributed by atoms with Crippen molar-refractivity contribution >= 4 is 32.5 Å². The lowest BCUT2D eigenvalue weighted by molar-refractivity contribution is -0.116. The van der Waals surface area contributed by atoms with E-state index >= 15 is 0 Å². The van der Waals surface area contributed by atoms with E-state index in [1.807, 2.05) is 24.4 Å². The Morgan fingerprint density at radius 3 is 2.73 bits per heavy atom. The van der Waals surface area contributed by atoms with E-state index in [1.165, 1.54) is 30.1 Å². The molecule has 7 heteroatoms. The van der Waals surface area contributed by atoms with E-state index < -0.39 is 10.0 Å². The summed E-state index contributed by atoms with van der Waals surface area (Å²) in [6.07, 6.45) is 3.85. The quantitative estimate of drug-likeness (QED) is 0.596. The van der Waals surface area contributed by atoms with Crippen LogP contribution in [-0.2, 0) is 21.2 Å². The van der Waals surface area contributed by atoms with Crippen molar-refractivity contribution in [2.75, 3.05) is 12.4 Å². The first-order valence-electron chi connectivity index (χ1n) is 8.38. The van der Waals surface area contributed by atoms with Gasteiger partial charge in [0.25, 0.3) is 0 Å². The smallest absolute Gasteiger partial charge is 0.240 e. The molecule has 1 aromatic heterocycles. The highest BCUT2D eigenvalue weighted by Crippen LogP contribution is 2.20. The second kappa shape index (κ2) is 7.72. The van der Waals surface area contributed by atoms with Gasteiger partial charge in [-0.25, -0.2) is 13.1 Å². The molecule has 0 spiro atoms. The summed E-state index contributed by atoms with van der Waals surface area (Å²) in [5.74, 6) is -0.135. The maximum absolute atomic E-state index is 12.2. The highest BCUT2D eigenvalue weighted by molar-refractivity contribution is 7.89. The number of aromatic nitrogens is 1. The molecule has 0 atom stereocenters. The second-order valence-electron chi connectivity index (χ2n) is 6.00. The number of para-hydroxylation sites is 1. The van der Waals surface area contributed by atoms with Crippen LogP contribution in [0.25, 0.3) is 10.9 Å². The Labute approximate surface area is 152 Å². The Bertz CT molecular complexity index is 1030. The first kappa shape index (κ1) is 18.2. The summed E-state index contributed by atoms with van der Waals surface area (Å²) in [6.45, 7) is 0. The Morgan fingerprint density at radius 1 is 1.12 bits per heavy atom. The molecule has 2 aromatic carbocycles. The molecule has 0 aliphatic heterocycles. The van der Waals surface area contributed by atoms with E-state index in [2.05, 4.69) is 21.1 Å². The molecular weight excluding hydrogens is 350 g/mol. The van der Waals surface area contributed by atoms with Crippen LogP contribution in [0.15, 0.2) is 59.6 Å². The van der Waals surface area contributed by atoms with E-state index in [1.54, 1.807) is 12.1 Å². The number of rotatable bonds is 7. The lowest BCUT2D eigenvalue weighted by atomic mass is 10.1. The number of aromatic amines is 1. The highest BCUT2D eigenvalue weighted by Gasteiger charge is 2.12. The zero-order valence-corrected chi connectivity index (χ0v) is 15.3. The van der Waals surface area contributed by atoms with Crippen LogP contribution in [0.4, 0.5) is 5.69 Å². The van der Waals surface area contributed by atoms with Crippen molar-refractivity contribution in [3.05, 3.63) is 60.3 Å². The zero-order valence-electron chi connectivity index (χ0n) is 14.5. The van der Waals surface area contributed by atoms with Gasteiger partial charge in [0, 0.05) is 29.2 Å². The molecule has 0 bridgehead atoms. The predicted octanol–water partition coefficient (Wildman–Crippen LogP) is 3.04. The van der Waals surface area contributed by atoms with Gasteiger partial charge in [-0.2, -0.15) is 0 Å². The molecule has 0 saturated heterocycles. The molecule has 0 saturated carbocycles. The summed E-state index contributed by atoms with van der Waals surface area (Å²) in [4.78, 5) is 15.5. The van der Waals surface area contributed by atoms with Crippen molar-refractivity contribution in [1.29, 1.82) is 0 Å². The van der Waals surface area contributed by atoms with Crippen molar-refractivity contribution in [3.8, 4) is 0 Å². The number of anilines is 1. The molecule has 6 nitrogen and oxygen atoms in total. The van der Waals surface area contributed by atoms with Crippen molar-refractivity contribution in [2.45, 2.75) is 24.2 Å². The number of benzene rings is 2. The Hall–Kier alpha value is -2.64. The minimum Gasteiger partial charge on any atom is -0.361 e. The molecule has 0 fully saturated rings. The maximum Gasteiger partial charge on any atom is 0.240 e. The van der Waals surface area contributed by atoms with Crippen LogP contribution in [0.5, 0.6) is 0 Å². The number of H-pyrrole nitrogens is 1. The molecule has 1 heterocycles. The molecule has 1 amide bonds. The molecule has 3 aromatic rings. The van der Waals surface area contributed by atoms with Gasteiger partial charge in [-0.05, 0) is 49.7 Å². The number of hydrogen-bond acceptors (Lipinski definition) is 3. The largest absolute Gasteiger partial charge is 0.361 e. The molecule has 26 heavy (non-hydrogen) atoms. The summed E-state index contributed by atoms with van der Waals surface area (Å²) >= 11 is 0. The topological polar surface area (TPSA) is 91.1 Å². The fourth-order valence-corrected chi connectivity index (χ4v) is 3.64. The SMILES string of the molecule is CNS(=O)(=O)c1cccc(NC(=O)CCCc2c[nH]c3ccccc23)c1. The van der Waals surface area contributed by atoms with Gasteiger partial charge in [-0.15, -0.1) is 0 Å². The van der Waals surface area contributed by atoms with Crippen LogP contribution in [0, 0.1) is 0 Å². The third-order valence-electron chi connectivity index (χ3n) is 4.22. The van der Waals surface area contributed by atoms with Crippen molar-refractivity contribution < 1.29 is 13.2 Å². The highest BCUT2D eigenvalue weighted by atomic mass is 32.2. The Morgan fingerprint density at radius 2 is 1.92 bits per heavy atom. The number of sulfonamides is 1. The van der Waals surface area contributed by atoms with Gasteiger partial charge in [0.05, 0.1) is 4.90 Å². The lowest BCUT2D eigenvalue weighted by Gasteiger charge is -2.08. The van der Waals surface area contributed by atoms with Gasteiger partial charge in [-0.3, -0.25) is 4.79 Å². The molecule has 136 valence electrons. The summed E-state index contributed by atoms with van der Waals surface area (Å²) in [5.41, 5.74) is 2.75. The molecule has 0 radical (unpaired) electrons. The number of hydrogen-bond donors (Lipinski definition) is 3. The lowest BCUT2D eigenvalue weighted by Crippen LogP contribution is -2.19. The van der Waals surface area contributed by atoms with Gasteiger partial charge in [0.2, 0.25) is 15.9 Å². The Kier molecular flexibility index (Phi) is 5.39. The summed E-state index contributed by atoms with van der Waals surface area (Å²) in [7, 11) is -2.18. The zero-order chi connectivity index (χ0) is 18.6. The van der Waals surface area contributed by atoms with E-state index in [0.29, 0.717) is 18.5 Å². The van der Waals surface area contributed by atoms with Gasteiger partial charge >= 0.3 is 0 Å². The molecular formula is C19H21N3O3S. The molecule has 3 rings (SSSR count). The average molecular weight is 371 g/mol. The van der Waals surface area contributed by atoms with Gasteiger partial charge in [-0.1, -0.05) is 24.3 Å². The van der Waals surface area contributed by atoms with Gasteiger partial charge < -0.3 is 10.3 Å². The minimum absolute atomic E-state index is 0.122. The molecule has 0 aliphatic carbocycles. The first-order chi connectivity index (χ1) is 12.5. The van der Waals surface area contributed by atoms with Gasteiger partial charge in [0.15, 0.2) is 0 Å². The van der Waals surface area contributed by atoms with Crippen LogP contribution >= 0.6 is 0 Å². The number of aryl methyl sites for hydroxylation is 1. The van der Waals surface area contributed by atoms with Crippen LogP contribution in [-0.4, -0.2) is 26.4 Å². The number of nitrogens with one attached hydrogen (secondary N) is 3. The summed E-state index contributed by atoms with van der Waals surface area (Å²) < 4.78 is 25.9. The standard InChI is InChI=1S/C19H21N3O3S/c1-20-26(24,25)16-8-5-7-15(12-16)22-19(23)11-4-6-14-13-21-18-10-3-2-9-17(14)18/h2-3,5,7-10,12-13,20-21H,4,6,11H2,1H3,(H,22,23). The third kappa shape index (κ3) is 4.12. The number of fused-ring (bicyclic) bond motifs is 1. The molecule has 0 unspecified atom stereocenters. The minimum atomic E-state index is -3.53. The van der Waals surface area contributed by atoms with E-state index in [4.69, 9.17) is 0 Å². The monoisotopic (exact) mass is 371 g/mol. The Balaban J connectivity index is 1.57. The summed E-state index contributed by atoms with van der Waals surface area (Å²) in [5, 5.41) is 3.94. The normalized spacial score (nSPS) is 11.6. The van der Waals surface area contributed by atoms with E-state index in [-0.39, 0.29) is 10.8 Å². The number of carbonyl (C=O) groups excluding carboxylic acids is 1. The van der Waals surface area contributed by atoms with Crippen molar-refractivity contribution in [3.63, 3.8) is 0 Å². The average Bonchev–Trinajstić information content (AvgIpc) is 3.05. The first-order valence-corrected chi connectivity index (χ1v) is 9.86. The fourth-order valence-electron chi connectivity index (χ4n) is 2.86. The second-order valence-corrected chi connectivity index (χ2v) is 7.88. The fraction of sp³-hybridized carbons (Fsp3) is 0.211. The van der Waals surface area contributed by atoms with E-state index in [9.17, 15) is 13.2 Å². The molecule has 3 N–H and O–H groups in total. The van der Waals surface area contributed by atoms with Gasteiger partial charge in [0.1, 0.15) is 0 Å². The van der Waals surface area contributed by atoms with Crippen LogP contribution in [0.3, 0.4) is 0 Å². The van der Waals surface area contributed by atoms with Crippen molar-refractivity contribution in [2.24, 2.45) is 0 Å². The van der Waals surface area contributed by atoms with E-state index in [0.717, 1.165) is 11.9 Å². The molecule has 0 aliphatic rings. The summed E-state index contributed by atoms with van der Waals surface area (Å²) in [6, 6.07) is 14.3. The number of carbonyl (C=O) groups is 1.